The molecule has 0 aliphatic rings. The van der Waals surface area contributed by atoms with Crippen molar-refractivity contribution in [3.63, 3.8) is 0 Å². The van der Waals surface area contributed by atoms with Crippen LogP contribution in [-0.2, 0) is 10.3 Å². The summed E-state index contributed by atoms with van der Waals surface area (Å²) in [5.41, 5.74) is 7.09. The van der Waals surface area contributed by atoms with E-state index in [0.717, 1.165) is 16.6 Å². The Morgan fingerprint density at radius 3 is 2.44 bits per heavy atom. The lowest BCUT2D eigenvalue weighted by Crippen LogP contribution is -2.52. The van der Waals surface area contributed by atoms with E-state index in [2.05, 4.69) is 10.3 Å². The highest BCUT2D eigenvalue weighted by Gasteiger charge is 2.35. The number of fused-ring (bicyclic) bond motifs is 1. The van der Waals surface area contributed by atoms with Crippen LogP contribution >= 0.6 is 0 Å². The van der Waals surface area contributed by atoms with E-state index >= 15 is 0 Å². The maximum Gasteiger partial charge on any atom is 0.252 e. The third-order valence-electron chi connectivity index (χ3n) is 4.30. The lowest BCUT2D eigenvalue weighted by Gasteiger charge is -2.28. The van der Waals surface area contributed by atoms with Crippen molar-refractivity contribution in [2.24, 2.45) is 5.73 Å². The van der Waals surface area contributed by atoms with Crippen LogP contribution in [0.25, 0.3) is 10.9 Å². The molecule has 0 fully saturated rings. The maximum absolute atomic E-state index is 12.7. The molecule has 0 radical (unpaired) electrons. The molecule has 0 aliphatic heterocycles. The molecule has 0 bridgehead atoms. The molecule has 25 heavy (non-hydrogen) atoms. The van der Waals surface area contributed by atoms with Gasteiger partial charge in [-0.05, 0) is 43.7 Å². The fourth-order valence-electron chi connectivity index (χ4n) is 2.72. The first-order valence-corrected chi connectivity index (χ1v) is 7.95. The van der Waals surface area contributed by atoms with E-state index in [1.165, 1.54) is 0 Å². The largest absolute Gasteiger partial charge is 0.367 e. The summed E-state index contributed by atoms with van der Waals surface area (Å²) in [7, 11) is 0. The smallest absolute Gasteiger partial charge is 0.252 e. The maximum atomic E-state index is 12.7. The molecule has 126 valence electrons. The quantitative estimate of drug-likeness (QED) is 0.770. The first-order chi connectivity index (χ1) is 11.9. The van der Waals surface area contributed by atoms with Gasteiger partial charge in [-0.15, -0.1) is 0 Å². The molecule has 3 rings (SSSR count). The molecule has 1 heterocycles. The zero-order valence-electron chi connectivity index (χ0n) is 14.1. The highest BCUT2D eigenvalue weighted by atomic mass is 16.2. The summed E-state index contributed by atoms with van der Waals surface area (Å²) in [6, 6.07) is 18.0. The second-order valence-electron chi connectivity index (χ2n) is 6.17. The van der Waals surface area contributed by atoms with Crippen molar-refractivity contribution >= 4 is 22.7 Å². The summed E-state index contributed by atoms with van der Waals surface area (Å²) in [5, 5.41) is 3.63. The zero-order chi connectivity index (χ0) is 18.0. The van der Waals surface area contributed by atoms with Gasteiger partial charge in [0.15, 0.2) is 0 Å². The molecule has 0 saturated carbocycles. The second kappa shape index (κ2) is 6.36. The molecular formula is C20H19N3O2. The van der Waals surface area contributed by atoms with Crippen molar-refractivity contribution in [1.82, 2.24) is 10.3 Å². The number of aryl methyl sites for hydroxylation is 1. The summed E-state index contributed by atoms with van der Waals surface area (Å²) in [6.45, 7) is 3.52. The molecule has 0 saturated heterocycles. The van der Waals surface area contributed by atoms with Crippen LogP contribution in [0.15, 0.2) is 60.7 Å². The van der Waals surface area contributed by atoms with Crippen LogP contribution in [0.1, 0.15) is 28.5 Å². The highest BCUT2D eigenvalue weighted by molar-refractivity contribution is 6.01. The number of nitrogens with zero attached hydrogens (tertiary/aromatic N) is 1. The first-order valence-electron chi connectivity index (χ1n) is 7.95. The van der Waals surface area contributed by atoms with Crippen molar-refractivity contribution in [1.29, 1.82) is 0 Å². The number of nitrogens with one attached hydrogen (secondary N) is 1. The van der Waals surface area contributed by atoms with Crippen molar-refractivity contribution in [3.05, 3.63) is 77.5 Å². The Balaban J connectivity index is 1.94. The van der Waals surface area contributed by atoms with Gasteiger partial charge in [0.05, 0.1) is 5.52 Å². The van der Waals surface area contributed by atoms with Crippen LogP contribution in [0.2, 0.25) is 0 Å². The molecule has 3 aromatic rings. The highest BCUT2D eigenvalue weighted by Crippen LogP contribution is 2.22. The monoisotopic (exact) mass is 333 g/mol. The SMILES string of the molecule is Cc1ccc2cc(C(=O)NC(C)(C(N)=O)c3ccccc3)ccc2n1. The minimum Gasteiger partial charge on any atom is -0.367 e. The number of benzene rings is 2. The van der Waals surface area contributed by atoms with Crippen molar-refractivity contribution in [2.75, 3.05) is 0 Å². The summed E-state index contributed by atoms with van der Waals surface area (Å²) in [5.74, 6) is -0.988. The predicted molar refractivity (Wildman–Crippen MR) is 96.9 cm³/mol. The Hall–Kier alpha value is -3.21. The number of hydrogen-bond acceptors (Lipinski definition) is 3. The van der Waals surface area contributed by atoms with E-state index in [9.17, 15) is 9.59 Å². The van der Waals surface area contributed by atoms with Crippen LogP contribution in [0.4, 0.5) is 0 Å². The predicted octanol–water partition coefficient (Wildman–Crippen LogP) is 2.67. The number of primary amides is 1. The number of nitrogens with two attached hydrogens (primary N) is 1. The minimum atomic E-state index is -1.29. The van der Waals surface area contributed by atoms with E-state index in [0.29, 0.717) is 11.1 Å². The standard InChI is InChI=1S/C20H19N3O2/c1-13-8-9-14-12-15(10-11-17(14)22-13)18(24)23-20(2,19(21)25)16-6-4-3-5-7-16/h3-12H,1-2H3,(H2,21,25)(H,23,24). The molecule has 2 aromatic carbocycles. The zero-order valence-corrected chi connectivity index (χ0v) is 14.1. The van der Waals surface area contributed by atoms with Gasteiger partial charge in [-0.1, -0.05) is 36.4 Å². The van der Waals surface area contributed by atoms with Crippen LogP contribution in [0, 0.1) is 6.92 Å². The number of carbonyl (C=O) groups excluding carboxylic acids is 2. The lowest BCUT2D eigenvalue weighted by molar-refractivity contribution is -0.123. The number of pyridine rings is 1. The first kappa shape index (κ1) is 16.6. The normalized spacial score (nSPS) is 13.2. The molecule has 0 aliphatic carbocycles. The molecule has 5 heteroatoms. The van der Waals surface area contributed by atoms with E-state index in [1.54, 1.807) is 49.4 Å². The summed E-state index contributed by atoms with van der Waals surface area (Å²) >= 11 is 0. The third kappa shape index (κ3) is 3.21. The fourth-order valence-corrected chi connectivity index (χ4v) is 2.72. The Kier molecular flexibility index (Phi) is 4.23. The summed E-state index contributed by atoms with van der Waals surface area (Å²) in [6.07, 6.45) is 0. The van der Waals surface area contributed by atoms with E-state index in [4.69, 9.17) is 5.73 Å². The van der Waals surface area contributed by atoms with Gasteiger partial charge >= 0.3 is 0 Å². The van der Waals surface area contributed by atoms with E-state index in [1.807, 2.05) is 25.1 Å². The van der Waals surface area contributed by atoms with Gasteiger partial charge in [-0.3, -0.25) is 14.6 Å². The molecule has 1 aromatic heterocycles. The number of carbonyl (C=O) groups is 2. The Labute approximate surface area is 145 Å². The van der Waals surface area contributed by atoms with Gasteiger partial charge in [-0.25, -0.2) is 0 Å². The molecule has 5 nitrogen and oxygen atoms in total. The van der Waals surface area contributed by atoms with Gasteiger partial charge < -0.3 is 11.1 Å². The summed E-state index contributed by atoms with van der Waals surface area (Å²) in [4.78, 5) is 29.2. The summed E-state index contributed by atoms with van der Waals surface area (Å²) < 4.78 is 0. The topological polar surface area (TPSA) is 85.1 Å². The number of rotatable bonds is 4. The number of hydrogen-bond donors (Lipinski definition) is 2. The van der Waals surface area contributed by atoms with Gasteiger partial charge in [0.25, 0.3) is 5.91 Å². The van der Waals surface area contributed by atoms with Crippen molar-refractivity contribution in [2.45, 2.75) is 19.4 Å². The molecule has 0 spiro atoms. The number of amides is 2. The molecule has 1 atom stereocenters. The molecule has 3 N–H and O–H groups in total. The Bertz CT molecular complexity index is 954. The molecule has 2 amide bonds. The van der Waals surface area contributed by atoms with Crippen LogP contribution < -0.4 is 11.1 Å². The second-order valence-corrected chi connectivity index (χ2v) is 6.17. The number of aromatic nitrogens is 1. The van der Waals surface area contributed by atoms with Crippen molar-refractivity contribution < 1.29 is 9.59 Å². The molecular weight excluding hydrogens is 314 g/mol. The van der Waals surface area contributed by atoms with Crippen LogP contribution in [-0.4, -0.2) is 16.8 Å². The Morgan fingerprint density at radius 2 is 1.76 bits per heavy atom. The van der Waals surface area contributed by atoms with Gasteiger partial charge in [0.1, 0.15) is 5.54 Å². The van der Waals surface area contributed by atoms with E-state index < -0.39 is 11.4 Å². The van der Waals surface area contributed by atoms with Gasteiger partial charge in [-0.2, -0.15) is 0 Å². The average molecular weight is 333 g/mol. The van der Waals surface area contributed by atoms with Crippen LogP contribution in [0.5, 0.6) is 0 Å². The van der Waals surface area contributed by atoms with E-state index in [-0.39, 0.29) is 5.91 Å². The van der Waals surface area contributed by atoms with Gasteiger partial charge in [0.2, 0.25) is 5.91 Å². The Morgan fingerprint density at radius 1 is 1.04 bits per heavy atom. The van der Waals surface area contributed by atoms with Crippen molar-refractivity contribution in [3.8, 4) is 0 Å². The minimum absolute atomic E-state index is 0.368. The van der Waals surface area contributed by atoms with Gasteiger partial charge in [0, 0.05) is 16.6 Å². The fraction of sp³-hybridized carbons (Fsp3) is 0.150. The van der Waals surface area contributed by atoms with Crippen LogP contribution in [0.3, 0.4) is 0 Å². The molecule has 1 unspecified atom stereocenters. The average Bonchev–Trinajstić information content (AvgIpc) is 2.61. The third-order valence-corrected chi connectivity index (χ3v) is 4.30. The lowest BCUT2D eigenvalue weighted by atomic mass is 9.90.